The third-order valence-electron chi connectivity index (χ3n) is 4.43. The highest BCUT2D eigenvalue weighted by Gasteiger charge is 2.31. The van der Waals surface area contributed by atoms with Gasteiger partial charge in [0.1, 0.15) is 5.69 Å². The van der Waals surface area contributed by atoms with Crippen LogP contribution >= 0.6 is 0 Å². The van der Waals surface area contributed by atoms with Crippen molar-refractivity contribution < 1.29 is 19.2 Å². The van der Waals surface area contributed by atoms with Gasteiger partial charge < -0.3 is 15.4 Å². The number of carbonyl (C=O) groups is 2. The summed E-state index contributed by atoms with van der Waals surface area (Å²) in [5.74, 6) is -1.11. The molecule has 140 valence electrons. The zero-order chi connectivity index (χ0) is 19.4. The van der Waals surface area contributed by atoms with Crippen LogP contribution in [-0.2, 0) is 9.53 Å². The van der Waals surface area contributed by atoms with Gasteiger partial charge in [-0.25, -0.2) is 4.79 Å². The average Bonchev–Trinajstić information content (AvgIpc) is 3.21. The fourth-order valence-electron chi connectivity index (χ4n) is 3.00. The predicted octanol–water partition coefficient (Wildman–Crippen LogP) is 2.70. The number of amides is 1. The van der Waals surface area contributed by atoms with Gasteiger partial charge in [-0.05, 0) is 25.0 Å². The van der Waals surface area contributed by atoms with Crippen LogP contribution in [0, 0.1) is 10.1 Å². The van der Waals surface area contributed by atoms with Gasteiger partial charge in [-0.2, -0.15) is 0 Å². The van der Waals surface area contributed by atoms with Gasteiger partial charge in [0.2, 0.25) is 6.10 Å². The Hall–Kier alpha value is -3.42. The molecule has 1 fully saturated rings. The molecular weight excluding hydrogens is 350 g/mol. The predicted molar refractivity (Wildman–Crippen MR) is 97.9 cm³/mol. The molecule has 0 radical (unpaired) electrons. The Balaban J connectivity index is 1.87. The number of esters is 1. The maximum atomic E-state index is 12.9. The fraction of sp³-hybridized carbons (Fsp3) is 0.263. The molecule has 1 amide bonds. The summed E-state index contributed by atoms with van der Waals surface area (Å²) in [5.41, 5.74) is 5.64. The van der Waals surface area contributed by atoms with Crippen molar-refractivity contribution in [2.45, 2.75) is 18.9 Å². The van der Waals surface area contributed by atoms with E-state index in [0.29, 0.717) is 18.7 Å². The lowest BCUT2D eigenvalue weighted by Crippen LogP contribution is -2.34. The van der Waals surface area contributed by atoms with E-state index in [1.165, 1.54) is 12.1 Å². The minimum atomic E-state index is -1.10. The fourth-order valence-corrected chi connectivity index (χ4v) is 3.00. The standard InChI is InChI=1S/C19H19N3O5/c20-15-9-8-14(12-16(15)22(25)26)19(24)27-17(13-6-2-1-3-7-13)18(23)21-10-4-5-11-21/h1-3,6-9,12,17H,4-5,10-11,20H2/t17-/m0/s1. The van der Waals surface area contributed by atoms with E-state index >= 15 is 0 Å². The van der Waals surface area contributed by atoms with Crippen molar-refractivity contribution in [1.82, 2.24) is 4.90 Å². The summed E-state index contributed by atoms with van der Waals surface area (Å²) in [6, 6.07) is 12.4. The van der Waals surface area contributed by atoms with Crippen LogP contribution in [0.2, 0.25) is 0 Å². The minimum Gasteiger partial charge on any atom is -0.444 e. The normalized spacial score (nSPS) is 14.6. The molecule has 0 saturated carbocycles. The highest BCUT2D eigenvalue weighted by atomic mass is 16.6. The molecule has 1 aliphatic rings. The summed E-state index contributed by atoms with van der Waals surface area (Å²) >= 11 is 0. The molecule has 1 saturated heterocycles. The number of rotatable bonds is 5. The highest BCUT2D eigenvalue weighted by molar-refractivity contribution is 5.94. The summed E-state index contributed by atoms with van der Waals surface area (Å²) in [5, 5.41) is 11.0. The number of nitro groups is 1. The van der Waals surface area contributed by atoms with E-state index in [-0.39, 0.29) is 22.8 Å². The Kier molecular flexibility index (Phi) is 5.35. The van der Waals surface area contributed by atoms with Crippen molar-refractivity contribution >= 4 is 23.3 Å². The summed E-state index contributed by atoms with van der Waals surface area (Å²) in [4.78, 5) is 37.5. The first-order valence-corrected chi connectivity index (χ1v) is 8.56. The second-order valence-electron chi connectivity index (χ2n) is 6.26. The Labute approximate surface area is 155 Å². The second-order valence-corrected chi connectivity index (χ2v) is 6.26. The van der Waals surface area contributed by atoms with Gasteiger partial charge in [0.05, 0.1) is 10.5 Å². The molecule has 0 bridgehead atoms. The number of benzene rings is 2. The number of nitrogens with zero attached hydrogens (tertiary/aromatic N) is 2. The zero-order valence-corrected chi connectivity index (χ0v) is 14.5. The maximum Gasteiger partial charge on any atom is 0.339 e. The van der Waals surface area contributed by atoms with Gasteiger partial charge in [-0.3, -0.25) is 14.9 Å². The molecule has 3 rings (SSSR count). The Morgan fingerprint density at radius 3 is 2.41 bits per heavy atom. The smallest absolute Gasteiger partial charge is 0.339 e. The van der Waals surface area contributed by atoms with Gasteiger partial charge in [0.15, 0.2) is 0 Å². The first-order chi connectivity index (χ1) is 13.0. The van der Waals surface area contributed by atoms with Crippen molar-refractivity contribution in [3.05, 3.63) is 69.8 Å². The molecule has 1 heterocycles. The molecule has 8 nitrogen and oxygen atoms in total. The van der Waals surface area contributed by atoms with Gasteiger partial charge in [-0.15, -0.1) is 0 Å². The second kappa shape index (κ2) is 7.86. The molecule has 0 aliphatic carbocycles. The number of hydrogen-bond acceptors (Lipinski definition) is 6. The molecule has 2 N–H and O–H groups in total. The van der Waals surface area contributed by atoms with Crippen molar-refractivity contribution in [3.8, 4) is 0 Å². The Morgan fingerprint density at radius 2 is 1.78 bits per heavy atom. The topological polar surface area (TPSA) is 116 Å². The summed E-state index contributed by atoms with van der Waals surface area (Å²) < 4.78 is 5.48. The van der Waals surface area contributed by atoms with E-state index in [9.17, 15) is 19.7 Å². The van der Waals surface area contributed by atoms with E-state index in [2.05, 4.69) is 0 Å². The molecule has 2 aromatic carbocycles. The Morgan fingerprint density at radius 1 is 1.11 bits per heavy atom. The molecule has 1 atom stereocenters. The van der Waals surface area contributed by atoms with Crippen LogP contribution in [0.5, 0.6) is 0 Å². The van der Waals surface area contributed by atoms with Gasteiger partial charge >= 0.3 is 5.97 Å². The lowest BCUT2D eigenvalue weighted by Gasteiger charge is -2.23. The first kappa shape index (κ1) is 18.4. The van der Waals surface area contributed by atoms with Crippen molar-refractivity contribution in [2.24, 2.45) is 0 Å². The quantitative estimate of drug-likeness (QED) is 0.375. The molecule has 2 aromatic rings. The maximum absolute atomic E-state index is 12.9. The first-order valence-electron chi connectivity index (χ1n) is 8.56. The number of nitrogen functional groups attached to an aromatic ring is 1. The number of anilines is 1. The SMILES string of the molecule is Nc1ccc(C(=O)O[C@H](C(=O)N2CCCC2)c2ccccc2)cc1[N+](=O)[O-]. The number of hydrogen-bond donors (Lipinski definition) is 1. The molecule has 27 heavy (non-hydrogen) atoms. The van der Waals surface area contributed by atoms with Crippen molar-refractivity contribution in [3.63, 3.8) is 0 Å². The lowest BCUT2D eigenvalue weighted by atomic mass is 10.1. The van der Waals surface area contributed by atoms with E-state index in [4.69, 9.17) is 10.5 Å². The van der Waals surface area contributed by atoms with Crippen LogP contribution in [0.15, 0.2) is 48.5 Å². The Bertz CT molecular complexity index is 863. The monoisotopic (exact) mass is 369 g/mol. The molecular formula is C19H19N3O5. The minimum absolute atomic E-state index is 0.0361. The third-order valence-corrected chi connectivity index (χ3v) is 4.43. The third kappa shape index (κ3) is 4.05. The van der Waals surface area contributed by atoms with E-state index in [1.807, 2.05) is 0 Å². The average molecular weight is 369 g/mol. The van der Waals surface area contributed by atoms with Gasteiger partial charge in [-0.1, -0.05) is 30.3 Å². The summed E-state index contributed by atoms with van der Waals surface area (Å²) in [7, 11) is 0. The van der Waals surface area contributed by atoms with Crippen LogP contribution in [0.1, 0.15) is 34.9 Å². The van der Waals surface area contributed by atoms with Gasteiger partial charge in [0, 0.05) is 24.7 Å². The number of likely N-dealkylation sites (tertiary alicyclic amines) is 1. The van der Waals surface area contributed by atoms with E-state index in [1.54, 1.807) is 35.2 Å². The summed E-state index contributed by atoms with van der Waals surface area (Å²) in [6.45, 7) is 1.24. The number of nitro benzene ring substituents is 1. The van der Waals surface area contributed by atoms with Crippen LogP contribution in [0.4, 0.5) is 11.4 Å². The number of ether oxygens (including phenoxy) is 1. The van der Waals surface area contributed by atoms with Crippen molar-refractivity contribution in [2.75, 3.05) is 18.8 Å². The lowest BCUT2D eigenvalue weighted by molar-refractivity contribution is -0.383. The van der Waals surface area contributed by atoms with E-state index in [0.717, 1.165) is 18.9 Å². The number of nitrogens with two attached hydrogens (primary N) is 1. The molecule has 0 aromatic heterocycles. The zero-order valence-electron chi connectivity index (χ0n) is 14.5. The highest BCUT2D eigenvalue weighted by Crippen LogP contribution is 2.27. The van der Waals surface area contributed by atoms with Crippen LogP contribution in [-0.4, -0.2) is 34.8 Å². The van der Waals surface area contributed by atoms with E-state index < -0.39 is 17.0 Å². The summed E-state index contributed by atoms with van der Waals surface area (Å²) in [6.07, 6.45) is 0.713. The van der Waals surface area contributed by atoms with Crippen LogP contribution in [0.25, 0.3) is 0 Å². The molecule has 0 spiro atoms. The van der Waals surface area contributed by atoms with Gasteiger partial charge in [0.25, 0.3) is 11.6 Å². The van der Waals surface area contributed by atoms with Crippen LogP contribution < -0.4 is 5.73 Å². The van der Waals surface area contributed by atoms with Crippen LogP contribution in [0.3, 0.4) is 0 Å². The molecule has 0 unspecified atom stereocenters. The number of carbonyl (C=O) groups excluding carboxylic acids is 2. The largest absolute Gasteiger partial charge is 0.444 e. The van der Waals surface area contributed by atoms with Crippen molar-refractivity contribution in [1.29, 1.82) is 0 Å². The molecule has 8 heteroatoms. The molecule has 1 aliphatic heterocycles.